The molecule has 1 atom stereocenters. The minimum Gasteiger partial charge on any atom is -0.259 e. The second kappa shape index (κ2) is 8.91. The maximum Gasteiger partial charge on any atom is 0.311 e. The lowest BCUT2D eigenvalue weighted by Gasteiger charge is -2.20. The Kier molecular flexibility index (Phi) is 6.52. The van der Waals surface area contributed by atoms with E-state index in [1.54, 1.807) is 12.1 Å². The molecule has 0 N–H and O–H groups in total. The molecule has 0 fully saturated rings. The van der Waals surface area contributed by atoms with Gasteiger partial charge < -0.3 is 0 Å². The van der Waals surface area contributed by atoms with Crippen molar-refractivity contribution in [2.45, 2.75) is 31.1 Å². The van der Waals surface area contributed by atoms with Crippen molar-refractivity contribution in [3.05, 3.63) is 100 Å². The van der Waals surface area contributed by atoms with Crippen molar-refractivity contribution in [2.75, 3.05) is 0 Å². The van der Waals surface area contributed by atoms with Crippen LogP contribution in [0.3, 0.4) is 0 Å². The Labute approximate surface area is 170 Å². The van der Waals surface area contributed by atoms with Gasteiger partial charge in [0.2, 0.25) is 0 Å². The topological polar surface area (TPSA) is 12.9 Å². The summed E-state index contributed by atoms with van der Waals surface area (Å²) >= 11 is 5.90. The summed E-state index contributed by atoms with van der Waals surface area (Å²) in [5.41, 5.74) is 1.68. The molecule has 0 aliphatic rings. The SMILES string of the molecule is Fc1cc(CC(F)(F)C(F)F)cc([C@@H](Cc2ccccc2)c2ccc(Cl)cn2)c1. The molecule has 1 aromatic heterocycles. The van der Waals surface area contributed by atoms with Gasteiger partial charge in [0.05, 0.1) is 5.02 Å². The van der Waals surface area contributed by atoms with E-state index in [9.17, 15) is 22.0 Å². The van der Waals surface area contributed by atoms with Gasteiger partial charge >= 0.3 is 12.3 Å². The van der Waals surface area contributed by atoms with Crippen LogP contribution in [0.25, 0.3) is 0 Å². The van der Waals surface area contributed by atoms with Crippen molar-refractivity contribution in [3.63, 3.8) is 0 Å². The van der Waals surface area contributed by atoms with Crippen molar-refractivity contribution in [1.29, 1.82) is 0 Å². The second-order valence-electron chi connectivity index (χ2n) is 6.77. The van der Waals surface area contributed by atoms with E-state index in [1.165, 1.54) is 18.3 Å². The lowest BCUT2D eigenvalue weighted by molar-refractivity contribution is -0.127. The zero-order valence-corrected chi connectivity index (χ0v) is 15.9. The number of hydrogen-bond acceptors (Lipinski definition) is 1. The van der Waals surface area contributed by atoms with E-state index in [4.69, 9.17) is 11.6 Å². The van der Waals surface area contributed by atoms with Gasteiger partial charge in [-0.25, -0.2) is 13.2 Å². The average Bonchev–Trinajstić information content (AvgIpc) is 2.67. The smallest absolute Gasteiger partial charge is 0.259 e. The predicted octanol–water partition coefficient (Wildman–Crippen LogP) is 6.69. The van der Waals surface area contributed by atoms with E-state index in [0.29, 0.717) is 22.7 Å². The molecule has 0 bridgehead atoms. The highest BCUT2D eigenvalue weighted by molar-refractivity contribution is 6.30. The Balaban J connectivity index is 2.01. The normalized spacial score (nSPS) is 12.9. The van der Waals surface area contributed by atoms with Crippen LogP contribution in [-0.2, 0) is 12.8 Å². The summed E-state index contributed by atoms with van der Waals surface area (Å²) in [5, 5.41) is 0.420. The molecular weight excluding hydrogens is 409 g/mol. The third kappa shape index (κ3) is 5.54. The number of benzene rings is 2. The fourth-order valence-electron chi connectivity index (χ4n) is 3.16. The number of alkyl halides is 4. The first kappa shape index (κ1) is 21.2. The van der Waals surface area contributed by atoms with Crippen molar-refractivity contribution < 1.29 is 22.0 Å². The lowest BCUT2D eigenvalue weighted by atomic mass is 9.87. The Morgan fingerprint density at radius 3 is 2.28 bits per heavy atom. The monoisotopic (exact) mass is 425 g/mol. The molecule has 7 heteroatoms. The van der Waals surface area contributed by atoms with Gasteiger partial charge in [0.1, 0.15) is 5.82 Å². The van der Waals surface area contributed by atoms with E-state index >= 15 is 0 Å². The Bertz CT molecular complexity index is 945. The van der Waals surface area contributed by atoms with Gasteiger partial charge in [0.15, 0.2) is 0 Å². The van der Waals surface area contributed by atoms with E-state index in [2.05, 4.69) is 4.98 Å². The first-order valence-electron chi connectivity index (χ1n) is 8.85. The summed E-state index contributed by atoms with van der Waals surface area (Å²) in [7, 11) is 0. The second-order valence-corrected chi connectivity index (χ2v) is 7.21. The fraction of sp³-hybridized carbons (Fsp3) is 0.227. The quantitative estimate of drug-likeness (QED) is 0.384. The molecule has 152 valence electrons. The number of rotatable bonds is 7. The number of pyridine rings is 1. The van der Waals surface area contributed by atoms with Gasteiger partial charge in [-0.2, -0.15) is 8.78 Å². The molecule has 2 aromatic carbocycles. The van der Waals surface area contributed by atoms with Gasteiger partial charge in [-0.15, -0.1) is 0 Å². The minimum absolute atomic E-state index is 0.197. The van der Waals surface area contributed by atoms with Crippen molar-refractivity contribution >= 4 is 11.6 Å². The summed E-state index contributed by atoms with van der Waals surface area (Å²) in [5.74, 6) is -5.47. The largest absolute Gasteiger partial charge is 0.311 e. The fourth-order valence-corrected chi connectivity index (χ4v) is 3.28. The van der Waals surface area contributed by atoms with Crippen LogP contribution in [0.4, 0.5) is 22.0 Å². The van der Waals surface area contributed by atoms with Crippen molar-refractivity contribution in [3.8, 4) is 0 Å². The van der Waals surface area contributed by atoms with Crippen LogP contribution >= 0.6 is 11.6 Å². The molecule has 0 unspecified atom stereocenters. The summed E-state index contributed by atoms with van der Waals surface area (Å²) in [6.07, 6.45) is -3.21. The first-order chi connectivity index (χ1) is 13.7. The summed E-state index contributed by atoms with van der Waals surface area (Å²) in [6, 6.07) is 16.0. The average molecular weight is 426 g/mol. The van der Waals surface area contributed by atoms with Gasteiger partial charge in [-0.1, -0.05) is 48.0 Å². The van der Waals surface area contributed by atoms with E-state index in [-0.39, 0.29) is 5.56 Å². The lowest BCUT2D eigenvalue weighted by Crippen LogP contribution is -2.29. The van der Waals surface area contributed by atoms with E-state index in [0.717, 1.165) is 11.6 Å². The molecule has 0 saturated heterocycles. The Morgan fingerprint density at radius 1 is 0.931 bits per heavy atom. The van der Waals surface area contributed by atoms with Crippen molar-refractivity contribution in [1.82, 2.24) is 4.98 Å². The van der Waals surface area contributed by atoms with E-state index < -0.39 is 30.5 Å². The zero-order valence-electron chi connectivity index (χ0n) is 15.1. The molecule has 1 heterocycles. The molecular formula is C22H17ClF5N. The van der Waals surface area contributed by atoms with Gasteiger partial charge in [0, 0.05) is 24.2 Å². The summed E-state index contributed by atoms with van der Waals surface area (Å²) in [6.45, 7) is 0. The molecule has 3 rings (SSSR count). The third-order valence-corrected chi connectivity index (χ3v) is 4.75. The first-order valence-corrected chi connectivity index (χ1v) is 9.23. The van der Waals surface area contributed by atoms with Crippen LogP contribution in [0.15, 0.2) is 66.9 Å². The molecule has 3 aromatic rings. The maximum absolute atomic E-state index is 14.2. The minimum atomic E-state index is -4.24. The molecule has 1 nitrogen and oxygen atoms in total. The van der Waals surface area contributed by atoms with Gasteiger partial charge in [-0.05, 0) is 47.4 Å². The Morgan fingerprint density at radius 2 is 1.66 bits per heavy atom. The van der Waals surface area contributed by atoms with Crippen LogP contribution in [0.5, 0.6) is 0 Å². The predicted molar refractivity (Wildman–Crippen MR) is 102 cm³/mol. The highest BCUT2D eigenvalue weighted by Gasteiger charge is 2.40. The van der Waals surface area contributed by atoms with Crippen LogP contribution < -0.4 is 0 Å². The molecule has 0 amide bonds. The van der Waals surface area contributed by atoms with Gasteiger partial charge in [-0.3, -0.25) is 4.98 Å². The van der Waals surface area contributed by atoms with Crippen molar-refractivity contribution in [2.24, 2.45) is 0 Å². The standard InChI is InChI=1S/C22H17ClF5N/c23-17-6-7-20(29-13-17)19(10-14-4-2-1-3-5-14)16-8-15(9-18(24)11-16)12-22(27,28)21(25)26/h1-9,11,13,19,21H,10,12H2/t19-/m1/s1. The molecule has 0 aliphatic heterocycles. The summed E-state index contributed by atoms with van der Waals surface area (Å²) in [4.78, 5) is 4.29. The number of halogens is 6. The zero-order chi connectivity index (χ0) is 21.0. The van der Waals surface area contributed by atoms with Crippen LogP contribution in [0.2, 0.25) is 5.02 Å². The maximum atomic E-state index is 14.2. The molecule has 0 saturated carbocycles. The molecule has 29 heavy (non-hydrogen) atoms. The van der Waals surface area contributed by atoms with Crippen LogP contribution in [0, 0.1) is 5.82 Å². The highest BCUT2D eigenvalue weighted by Crippen LogP contribution is 2.32. The number of hydrogen-bond donors (Lipinski definition) is 0. The Hall–Kier alpha value is -2.47. The molecule has 0 spiro atoms. The summed E-state index contributed by atoms with van der Waals surface area (Å²) < 4.78 is 66.4. The highest BCUT2D eigenvalue weighted by atomic mass is 35.5. The van der Waals surface area contributed by atoms with Gasteiger partial charge in [0.25, 0.3) is 0 Å². The number of aromatic nitrogens is 1. The number of nitrogens with zero attached hydrogens (tertiary/aromatic N) is 1. The third-order valence-electron chi connectivity index (χ3n) is 4.53. The molecule has 0 aliphatic carbocycles. The van der Waals surface area contributed by atoms with E-state index in [1.807, 2.05) is 30.3 Å². The van der Waals surface area contributed by atoms with Crippen LogP contribution in [-0.4, -0.2) is 17.3 Å². The molecule has 0 radical (unpaired) electrons. The van der Waals surface area contributed by atoms with Crippen LogP contribution in [0.1, 0.15) is 28.3 Å².